The SMILES string of the molecule is CC1CC(c2ccco2)CC1C.CC1CC(c2cccs2)CC1C.CC1CCC(c2ccco2)C1.CC1CCC(c2cccs2)C1. The van der Waals surface area contributed by atoms with E-state index in [9.17, 15) is 0 Å². The van der Waals surface area contributed by atoms with Crippen LogP contribution in [0.2, 0.25) is 0 Å². The van der Waals surface area contributed by atoms with Crippen molar-refractivity contribution in [2.75, 3.05) is 0 Å². The summed E-state index contributed by atoms with van der Waals surface area (Å²) in [5.74, 6) is 11.0. The van der Waals surface area contributed by atoms with Crippen molar-refractivity contribution in [1.82, 2.24) is 0 Å². The molecule has 4 fully saturated rings. The third kappa shape index (κ3) is 9.99. The van der Waals surface area contributed by atoms with Crippen molar-refractivity contribution >= 4 is 22.7 Å². The minimum Gasteiger partial charge on any atom is -0.469 e. The summed E-state index contributed by atoms with van der Waals surface area (Å²) < 4.78 is 10.8. The van der Waals surface area contributed by atoms with Gasteiger partial charge in [-0.1, -0.05) is 60.1 Å². The highest BCUT2D eigenvalue weighted by atomic mass is 32.1. The van der Waals surface area contributed by atoms with Gasteiger partial charge in [-0.2, -0.15) is 0 Å². The van der Waals surface area contributed by atoms with E-state index in [2.05, 4.69) is 88.7 Å². The van der Waals surface area contributed by atoms with Gasteiger partial charge in [0.2, 0.25) is 0 Å². The Balaban J connectivity index is 0.000000121. The molecule has 4 aliphatic rings. The molecule has 8 unspecified atom stereocenters. The highest BCUT2D eigenvalue weighted by molar-refractivity contribution is 7.10. The molecule has 0 amide bonds. The van der Waals surface area contributed by atoms with Crippen LogP contribution in [0.1, 0.15) is 151 Å². The quantitative estimate of drug-likeness (QED) is 0.218. The number of hydrogen-bond acceptors (Lipinski definition) is 4. The fraction of sp³-hybridized carbons (Fsp3) is 0.619. The lowest BCUT2D eigenvalue weighted by atomic mass is 10.0. The summed E-state index contributed by atoms with van der Waals surface area (Å²) in [6.45, 7) is 14.1. The lowest BCUT2D eigenvalue weighted by Gasteiger charge is -2.04. The van der Waals surface area contributed by atoms with Gasteiger partial charge >= 0.3 is 0 Å². The van der Waals surface area contributed by atoms with Crippen molar-refractivity contribution in [3.63, 3.8) is 0 Å². The van der Waals surface area contributed by atoms with Crippen molar-refractivity contribution < 1.29 is 8.83 Å². The Labute approximate surface area is 288 Å². The van der Waals surface area contributed by atoms with Crippen LogP contribution in [-0.4, -0.2) is 0 Å². The first-order valence-electron chi connectivity index (χ1n) is 18.4. The maximum atomic E-state index is 5.41. The van der Waals surface area contributed by atoms with E-state index >= 15 is 0 Å². The van der Waals surface area contributed by atoms with E-state index in [1.54, 1.807) is 22.3 Å². The summed E-state index contributed by atoms with van der Waals surface area (Å²) in [5.41, 5.74) is 0. The Morgan fingerprint density at radius 1 is 0.457 bits per heavy atom. The normalized spacial score (nSPS) is 33.4. The fourth-order valence-electron chi connectivity index (χ4n) is 8.41. The highest BCUT2D eigenvalue weighted by Gasteiger charge is 2.31. The van der Waals surface area contributed by atoms with Crippen molar-refractivity contribution in [3.05, 3.63) is 93.1 Å². The third-order valence-electron chi connectivity index (χ3n) is 11.7. The molecule has 252 valence electrons. The third-order valence-corrected chi connectivity index (χ3v) is 13.8. The second kappa shape index (κ2) is 17.4. The molecular formula is C42H60O2S2. The molecule has 8 rings (SSSR count). The zero-order valence-corrected chi connectivity index (χ0v) is 31.0. The van der Waals surface area contributed by atoms with Crippen molar-refractivity contribution in [2.45, 2.75) is 129 Å². The highest BCUT2D eigenvalue weighted by Crippen LogP contribution is 2.44. The molecular weight excluding hydrogens is 601 g/mol. The van der Waals surface area contributed by atoms with Gasteiger partial charge in [0.25, 0.3) is 0 Å². The van der Waals surface area contributed by atoms with E-state index in [4.69, 9.17) is 8.83 Å². The lowest BCUT2D eigenvalue weighted by Crippen LogP contribution is -1.95. The maximum Gasteiger partial charge on any atom is 0.106 e. The first-order chi connectivity index (χ1) is 22.3. The van der Waals surface area contributed by atoms with Crippen LogP contribution >= 0.6 is 22.7 Å². The summed E-state index contributed by atoms with van der Waals surface area (Å²) in [6.07, 6.45) is 17.2. The molecule has 0 saturated heterocycles. The van der Waals surface area contributed by atoms with E-state index in [1.165, 1.54) is 75.7 Å². The van der Waals surface area contributed by atoms with Gasteiger partial charge in [-0.3, -0.25) is 0 Å². The van der Waals surface area contributed by atoms with Crippen LogP contribution in [0.25, 0.3) is 0 Å². The van der Waals surface area contributed by atoms with Gasteiger partial charge in [-0.25, -0.2) is 0 Å². The van der Waals surface area contributed by atoms with Crippen LogP contribution < -0.4 is 0 Å². The summed E-state index contributed by atoms with van der Waals surface area (Å²) in [4.78, 5) is 3.21. The van der Waals surface area contributed by atoms with E-state index in [0.29, 0.717) is 11.8 Å². The molecule has 0 N–H and O–H groups in total. The standard InChI is InChI=1S/C11H16O.C11H16S.C10H14O.C10H14S/c2*1-8-6-10(7-9(8)2)11-4-3-5-12-11;2*1-8-4-5-9(7-8)10-3-2-6-11-10/h2*3-5,8-10H,6-7H2,1-2H3;2*2-3,6,8-9H,4-5,7H2,1H3. The average molecular weight is 661 g/mol. The molecule has 0 radical (unpaired) electrons. The van der Waals surface area contributed by atoms with Gasteiger partial charge in [0.05, 0.1) is 12.5 Å². The first-order valence-corrected chi connectivity index (χ1v) is 20.2. The topological polar surface area (TPSA) is 26.3 Å². The van der Waals surface area contributed by atoms with Crippen LogP contribution in [0, 0.1) is 35.5 Å². The molecule has 0 aromatic carbocycles. The number of hydrogen-bond donors (Lipinski definition) is 0. The van der Waals surface area contributed by atoms with Gasteiger partial charge in [-0.15, -0.1) is 22.7 Å². The number of rotatable bonds is 4. The van der Waals surface area contributed by atoms with E-state index in [-0.39, 0.29) is 0 Å². The van der Waals surface area contributed by atoms with E-state index < -0.39 is 0 Å². The van der Waals surface area contributed by atoms with E-state index in [1.807, 2.05) is 34.8 Å². The predicted molar refractivity (Wildman–Crippen MR) is 198 cm³/mol. The summed E-state index contributed by atoms with van der Waals surface area (Å²) in [6, 6.07) is 17.1. The first kappa shape index (κ1) is 35.3. The summed E-state index contributed by atoms with van der Waals surface area (Å²) in [5, 5.41) is 4.39. The minimum absolute atomic E-state index is 0.685. The fourth-order valence-corrected chi connectivity index (χ4v) is 10.1. The van der Waals surface area contributed by atoms with Gasteiger partial charge in [0, 0.05) is 21.6 Å². The number of thiophene rings is 2. The Bertz CT molecular complexity index is 1200. The monoisotopic (exact) mass is 660 g/mol. The molecule has 4 saturated carbocycles. The molecule has 0 bridgehead atoms. The second-order valence-corrected chi connectivity index (χ2v) is 17.5. The van der Waals surface area contributed by atoms with Gasteiger partial charge < -0.3 is 8.83 Å². The van der Waals surface area contributed by atoms with Crippen LogP contribution in [-0.2, 0) is 0 Å². The van der Waals surface area contributed by atoms with Gasteiger partial charge in [-0.05, 0) is 152 Å². The minimum atomic E-state index is 0.685. The van der Waals surface area contributed by atoms with Crippen LogP contribution in [0.5, 0.6) is 0 Å². The Kier molecular flexibility index (Phi) is 13.3. The molecule has 4 heteroatoms. The smallest absolute Gasteiger partial charge is 0.106 e. The zero-order valence-electron chi connectivity index (χ0n) is 29.4. The van der Waals surface area contributed by atoms with Crippen molar-refractivity contribution in [2.24, 2.45) is 35.5 Å². The lowest BCUT2D eigenvalue weighted by molar-refractivity contribution is 0.457. The predicted octanol–water partition coefficient (Wildman–Crippen LogP) is 14.2. The molecule has 46 heavy (non-hydrogen) atoms. The molecule has 2 nitrogen and oxygen atoms in total. The van der Waals surface area contributed by atoms with Gasteiger partial charge in [0.1, 0.15) is 11.5 Å². The Morgan fingerprint density at radius 2 is 0.891 bits per heavy atom. The zero-order chi connectivity index (χ0) is 32.5. The molecule has 4 aliphatic carbocycles. The molecule has 8 atom stereocenters. The van der Waals surface area contributed by atoms with Crippen LogP contribution in [0.4, 0.5) is 0 Å². The molecule has 4 heterocycles. The molecule has 4 aromatic heterocycles. The van der Waals surface area contributed by atoms with Gasteiger partial charge in [0.15, 0.2) is 0 Å². The average Bonchev–Trinajstić information content (AvgIpc) is 3.88. The van der Waals surface area contributed by atoms with Crippen molar-refractivity contribution in [3.8, 4) is 0 Å². The van der Waals surface area contributed by atoms with Crippen LogP contribution in [0.3, 0.4) is 0 Å². The molecule has 4 aromatic rings. The molecule has 0 spiro atoms. The van der Waals surface area contributed by atoms with E-state index in [0.717, 1.165) is 47.3 Å². The Morgan fingerprint density at radius 3 is 1.28 bits per heavy atom. The van der Waals surface area contributed by atoms with Crippen LogP contribution in [0.15, 0.2) is 80.7 Å². The Hall–Kier alpha value is -2.04. The number of furan rings is 2. The molecule has 0 aliphatic heterocycles. The summed E-state index contributed by atoms with van der Waals surface area (Å²) in [7, 11) is 0. The maximum absolute atomic E-state index is 5.41. The second-order valence-electron chi connectivity index (χ2n) is 15.5. The largest absolute Gasteiger partial charge is 0.469 e. The van der Waals surface area contributed by atoms with Crippen molar-refractivity contribution in [1.29, 1.82) is 0 Å². The summed E-state index contributed by atoms with van der Waals surface area (Å²) >= 11 is 3.85.